The molecule has 18 heavy (non-hydrogen) atoms. The third-order valence-corrected chi connectivity index (χ3v) is 2.90. The smallest absolute Gasteiger partial charge is 0.318 e. The fraction of sp³-hybridized carbons (Fsp3) is 0.545. The average molecular weight is 256 g/mol. The second kappa shape index (κ2) is 5.70. The fourth-order valence-electron chi connectivity index (χ4n) is 2.00. The molecule has 2 amide bonds. The van der Waals surface area contributed by atoms with Crippen molar-refractivity contribution in [1.29, 1.82) is 0 Å². The minimum Gasteiger partial charge on any atom is -0.332 e. The summed E-state index contributed by atoms with van der Waals surface area (Å²) in [6.45, 7) is 0.570. The van der Waals surface area contributed by atoms with Crippen LogP contribution in [0, 0.1) is 0 Å². The van der Waals surface area contributed by atoms with Crippen LogP contribution in [0.2, 0.25) is 0 Å². The van der Waals surface area contributed by atoms with Crippen LogP contribution in [0.15, 0.2) is 18.3 Å². The molecule has 1 aliphatic rings. The maximum atomic E-state index is 12.7. The first-order valence-electron chi connectivity index (χ1n) is 5.77. The summed E-state index contributed by atoms with van der Waals surface area (Å²) >= 11 is 0. The Hall–Kier alpha value is -1.79. The number of hydrogen-bond donors (Lipinski definition) is 1. The van der Waals surface area contributed by atoms with Gasteiger partial charge in [-0.1, -0.05) is 0 Å². The highest BCUT2D eigenvalue weighted by Crippen LogP contribution is 2.22. The van der Waals surface area contributed by atoms with Crippen LogP contribution < -0.4 is 5.32 Å². The molecule has 1 fully saturated rings. The SMILES string of the molecule is O=C(NCc1cccnn1)N1CCC[C@H]1C(F)F. The Labute approximate surface area is 103 Å². The van der Waals surface area contributed by atoms with Gasteiger partial charge in [0.2, 0.25) is 0 Å². The molecule has 0 aliphatic carbocycles. The molecule has 2 heterocycles. The zero-order chi connectivity index (χ0) is 13.0. The first-order chi connectivity index (χ1) is 8.68. The summed E-state index contributed by atoms with van der Waals surface area (Å²) in [5.41, 5.74) is 0.596. The zero-order valence-electron chi connectivity index (χ0n) is 9.72. The molecule has 1 aromatic heterocycles. The van der Waals surface area contributed by atoms with E-state index >= 15 is 0 Å². The van der Waals surface area contributed by atoms with Crippen LogP contribution in [-0.4, -0.2) is 40.1 Å². The number of aromatic nitrogens is 2. The summed E-state index contributed by atoms with van der Waals surface area (Å²) < 4.78 is 25.3. The molecule has 0 radical (unpaired) electrons. The molecule has 5 nitrogen and oxygen atoms in total. The van der Waals surface area contributed by atoms with Crippen molar-refractivity contribution in [3.05, 3.63) is 24.0 Å². The van der Waals surface area contributed by atoms with Crippen molar-refractivity contribution in [3.8, 4) is 0 Å². The van der Waals surface area contributed by atoms with Crippen molar-refractivity contribution in [2.24, 2.45) is 0 Å². The number of hydrogen-bond acceptors (Lipinski definition) is 3. The largest absolute Gasteiger partial charge is 0.332 e. The molecule has 0 aromatic carbocycles. The van der Waals surface area contributed by atoms with E-state index in [0.717, 1.165) is 0 Å². The van der Waals surface area contributed by atoms with Crippen LogP contribution in [0.4, 0.5) is 13.6 Å². The summed E-state index contributed by atoms with van der Waals surface area (Å²) in [5.74, 6) is 0. The van der Waals surface area contributed by atoms with Crippen molar-refractivity contribution in [2.75, 3.05) is 6.54 Å². The van der Waals surface area contributed by atoms with E-state index in [2.05, 4.69) is 15.5 Å². The normalized spacial score (nSPS) is 19.3. The van der Waals surface area contributed by atoms with Crippen molar-refractivity contribution >= 4 is 6.03 Å². The van der Waals surface area contributed by atoms with E-state index in [-0.39, 0.29) is 6.54 Å². The van der Waals surface area contributed by atoms with Gasteiger partial charge in [-0.2, -0.15) is 10.2 Å². The molecule has 1 aliphatic heterocycles. The molecule has 1 saturated heterocycles. The number of amides is 2. The Bertz CT molecular complexity index is 401. The summed E-state index contributed by atoms with van der Waals surface area (Å²) in [4.78, 5) is 13.0. The van der Waals surface area contributed by atoms with E-state index in [1.807, 2.05) is 0 Å². The first-order valence-corrected chi connectivity index (χ1v) is 5.77. The Morgan fingerprint density at radius 3 is 3.11 bits per heavy atom. The van der Waals surface area contributed by atoms with Gasteiger partial charge < -0.3 is 10.2 Å². The van der Waals surface area contributed by atoms with Crippen molar-refractivity contribution in [2.45, 2.75) is 31.9 Å². The Kier molecular flexibility index (Phi) is 4.01. The maximum absolute atomic E-state index is 12.7. The summed E-state index contributed by atoms with van der Waals surface area (Å²) in [6, 6.07) is 1.98. The van der Waals surface area contributed by atoms with E-state index in [1.165, 1.54) is 11.1 Å². The second-order valence-electron chi connectivity index (χ2n) is 4.11. The lowest BCUT2D eigenvalue weighted by Gasteiger charge is -2.24. The van der Waals surface area contributed by atoms with Gasteiger partial charge in [0, 0.05) is 12.7 Å². The summed E-state index contributed by atoms with van der Waals surface area (Å²) in [6.07, 6.45) is 0.0114. The maximum Gasteiger partial charge on any atom is 0.318 e. The molecular formula is C11H14F2N4O. The topological polar surface area (TPSA) is 58.1 Å². The highest BCUT2D eigenvalue weighted by atomic mass is 19.3. The van der Waals surface area contributed by atoms with Crippen LogP contribution in [0.5, 0.6) is 0 Å². The number of nitrogens with one attached hydrogen (secondary N) is 1. The molecule has 98 valence electrons. The number of nitrogens with zero attached hydrogens (tertiary/aromatic N) is 3. The molecule has 1 N–H and O–H groups in total. The van der Waals surface area contributed by atoms with E-state index in [1.54, 1.807) is 12.1 Å². The van der Waals surface area contributed by atoms with Crippen LogP contribution in [0.3, 0.4) is 0 Å². The number of carbonyl (C=O) groups is 1. The molecule has 2 rings (SSSR count). The molecule has 0 bridgehead atoms. The molecular weight excluding hydrogens is 242 g/mol. The average Bonchev–Trinajstić information content (AvgIpc) is 2.86. The predicted octanol–water partition coefficient (Wildman–Crippen LogP) is 1.42. The van der Waals surface area contributed by atoms with Crippen LogP contribution in [-0.2, 0) is 6.54 Å². The zero-order valence-corrected chi connectivity index (χ0v) is 9.72. The van der Waals surface area contributed by atoms with Gasteiger partial charge in [-0.3, -0.25) is 0 Å². The number of halogens is 2. The van der Waals surface area contributed by atoms with Gasteiger partial charge in [0.1, 0.15) is 0 Å². The van der Waals surface area contributed by atoms with Gasteiger partial charge >= 0.3 is 6.03 Å². The minimum atomic E-state index is -2.49. The number of carbonyl (C=O) groups excluding carboxylic acids is 1. The Balaban J connectivity index is 1.88. The standard InChI is InChI=1S/C11H14F2N4O/c12-10(13)9-4-2-6-17(9)11(18)14-7-8-3-1-5-15-16-8/h1,3,5,9-10H,2,4,6-7H2,(H,14,18)/t9-/m0/s1. The minimum absolute atomic E-state index is 0.194. The van der Waals surface area contributed by atoms with Crippen LogP contribution in [0.25, 0.3) is 0 Å². The highest BCUT2D eigenvalue weighted by molar-refractivity contribution is 5.74. The van der Waals surface area contributed by atoms with Gasteiger partial charge in [-0.25, -0.2) is 13.6 Å². The fourth-order valence-corrected chi connectivity index (χ4v) is 2.00. The monoisotopic (exact) mass is 256 g/mol. The number of likely N-dealkylation sites (tertiary alicyclic amines) is 1. The van der Waals surface area contributed by atoms with E-state index in [9.17, 15) is 13.6 Å². The van der Waals surface area contributed by atoms with Crippen molar-refractivity contribution < 1.29 is 13.6 Å². The molecule has 7 heteroatoms. The number of urea groups is 1. The lowest BCUT2D eigenvalue weighted by molar-refractivity contribution is 0.0606. The molecule has 1 atom stereocenters. The predicted molar refractivity (Wildman–Crippen MR) is 60.0 cm³/mol. The van der Waals surface area contributed by atoms with E-state index in [0.29, 0.717) is 25.1 Å². The van der Waals surface area contributed by atoms with E-state index in [4.69, 9.17) is 0 Å². The molecule has 0 unspecified atom stereocenters. The second-order valence-corrected chi connectivity index (χ2v) is 4.11. The van der Waals surface area contributed by atoms with Gasteiger partial charge in [-0.05, 0) is 25.0 Å². The third kappa shape index (κ3) is 2.91. The van der Waals surface area contributed by atoms with Gasteiger partial charge in [0.15, 0.2) is 0 Å². The Morgan fingerprint density at radius 1 is 1.61 bits per heavy atom. The van der Waals surface area contributed by atoms with Crippen molar-refractivity contribution in [3.63, 3.8) is 0 Å². The van der Waals surface area contributed by atoms with Gasteiger partial charge in [-0.15, -0.1) is 0 Å². The van der Waals surface area contributed by atoms with E-state index < -0.39 is 18.5 Å². The number of rotatable bonds is 3. The first kappa shape index (κ1) is 12.7. The van der Waals surface area contributed by atoms with Crippen molar-refractivity contribution in [1.82, 2.24) is 20.4 Å². The quantitative estimate of drug-likeness (QED) is 0.889. The Morgan fingerprint density at radius 2 is 2.44 bits per heavy atom. The van der Waals surface area contributed by atoms with Crippen LogP contribution in [0.1, 0.15) is 18.5 Å². The molecule has 0 spiro atoms. The van der Waals surface area contributed by atoms with Crippen LogP contribution >= 0.6 is 0 Å². The third-order valence-electron chi connectivity index (χ3n) is 2.90. The van der Waals surface area contributed by atoms with Gasteiger partial charge in [0.05, 0.1) is 18.3 Å². The lowest BCUT2D eigenvalue weighted by Crippen LogP contribution is -2.45. The summed E-state index contributed by atoms with van der Waals surface area (Å²) in [5, 5.41) is 10.0. The number of alkyl halides is 2. The molecule has 0 saturated carbocycles. The highest BCUT2D eigenvalue weighted by Gasteiger charge is 2.34. The lowest BCUT2D eigenvalue weighted by atomic mass is 10.2. The molecule has 1 aromatic rings. The summed E-state index contributed by atoms with van der Waals surface area (Å²) in [7, 11) is 0. The van der Waals surface area contributed by atoms with Gasteiger partial charge in [0.25, 0.3) is 6.43 Å².